The molecule has 0 unspecified atom stereocenters. The van der Waals surface area contributed by atoms with E-state index in [1.54, 1.807) is 6.07 Å². The fourth-order valence-electron chi connectivity index (χ4n) is 2.14. The molecule has 0 fully saturated rings. The summed E-state index contributed by atoms with van der Waals surface area (Å²) in [6, 6.07) is 12.0. The average Bonchev–Trinajstić information content (AvgIpc) is 2.41. The number of amides is 1. The lowest BCUT2D eigenvalue weighted by molar-refractivity contribution is 0.0999. The summed E-state index contributed by atoms with van der Waals surface area (Å²) in [5.74, 6) is -0.728. The van der Waals surface area contributed by atoms with Crippen molar-refractivity contribution in [3.63, 3.8) is 0 Å². The summed E-state index contributed by atoms with van der Waals surface area (Å²) >= 11 is 3.35. The van der Waals surface area contributed by atoms with Gasteiger partial charge in [0.25, 0.3) is 5.91 Å². The van der Waals surface area contributed by atoms with Gasteiger partial charge >= 0.3 is 0 Å². The topological polar surface area (TPSA) is 29.4 Å². The fraction of sp³-hybridized carbons (Fsp3) is 0.0667. The van der Waals surface area contributed by atoms with Crippen LogP contribution in [0.5, 0.6) is 0 Å². The van der Waals surface area contributed by atoms with Crippen LogP contribution in [0.15, 0.2) is 51.9 Å². The molecule has 4 heteroatoms. The van der Waals surface area contributed by atoms with E-state index in [9.17, 15) is 9.18 Å². The number of nitrogens with zero attached hydrogens (tertiary/aromatic N) is 1. The highest BCUT2D eigenvalue weighted by Crippen LogP contribution is 2.23. The second-order valence-electron chi connectivity index (χ2n) is 4.31. The molecule has 2 aromatic carbocycles. The third kappa shape index (κ3) is 2.24. The van der Waals surface area contributed by atoms with Gasteiger partial charge < -0.3 is 0 Å². The van der Waals surface area contributed by atoms with Crippen molar-refractivity contribution in [1.29, 1.82) is 0 Å². The lowest BCUT2D eigenvalue weighted by atomic mass is 9.94. The van der Waals surface area contributed by atoms with Crippen molar-refractivity contribution in [2.45, 2.75) is 6.42 Å². The van der Waals surface area contributed by atoms with Gasteiger partial charge in [0, 0.05) is 22.0 Å². The third-order valence-electron chi connectivity index (χ3n) is 3.11. The normalized spacial score (nSPS) is 14.0. The number of aliphatic imine (C=N–C) groups is 1. The first-order valence-electron chi connectivity index (χ1n) is 5.80. The molecule has 1 heterocycles. The van der Waals surface area contributed by atoms with Crippen LogP contribution in [0.2, 0.25) is 0 Å². The molecule has 2 aromatic rings. The number of hydrogen-bond donors (Lipinski definition) is 0. The van der Waals surface area contributed by atoms with E-state index in [0.717, 1.165) is 10.0 Å². The molecule has 1 aliphatic rings. The van der Waals surface area contributed by atoms with Crippen LogP contribution in [0.3, 0.4) is 0 Å². The van der Waals surface area contributed by atoms with E-state index >= 15 is 0 Å². The zero-order chi connectivity index (χ0) is 13.4. The van der Waals surface area contributed by atoms with Crippen molar-refractivity contribution < 1.29 is 9.18 Å². The van der Waals surface area contributed by atoms with Crippen LogP contribution < -0.4 is 0 Å². The molecule has 1 amide bonds. The molecule has 3 rings (SSSR count). The molecule has 0 aliphatic carbocycles. The summed E-state index contributed by atoms with van der Waals surface area (Å²) in [6.45, 7) is 0. The highest BCUT2D eigenvalue weighted by Gasteiger charge is 2.22. The van der Waals surface area contributed by atoms with Gasteiger partial charge in [-0.25, -0.2) is 9.38 Å². The summed E-state index contributed by atoms with van der Waals surface area (Å²) in [6.07, 6.45) is 0.343. The van der Waals surface area contributed by atoms with Gasteiger partial charge in [-0.2, -0.15) is 0 Å². The van der Waals surface area contributed by atoms with Crippen molar-refractivity contribution in [3.8, 4) is 0 Å². The minimum absolute atomic E-state index is 0.343. The number of fused-ring (bicyclic) bond motifs is 1. The standard InChI is InChI=1S/C15H9BrFNO/c16-10-6-4-9(5-7-10)14-8-12-11(15(19)18-14)2-1-3-13(12)17/h1-7H,8H2. The van der Waals surface area contributed by atoms with Crippen molar-refractivity contribution in [2.75, 3.05) is 0 Å². The van der Waals surface area contributed by atoms with Crippen LogP contribution in [0.1, 0.15) is 21.5 Å². The SMILES string of the molecule is O=C1N=C(c2ccc(Br)cc2)Cc2c(F)cccc21. The van der Waals surface area contributed by atoms with Gasteiger partial charge in [0.1, 0.15) is 5.82 Å². The van der Waals surface area contributed by atoms with E-state index in [0.29, 0.717) is 23.3 Å². The Morgan fingerprint density at radius 1 is 1.11 bits per heavy atom. The quantitative estimate of drug-likeness (QED) is 0.787. The first-order valence-corrected chi connectivity index (χ1v) is 6.59. The van der Waals surface area contributed by atoms with Gasteiger partial charge in [0.15, 0.2) is 0 Å². The zero-order valence-electron chi connectivity index (χ0n) is 9.86. The average molecular weight is 318 g/mol. The Labute approximate surface area is 118 Å². The van der Waals surface area contributed by atoms with Gasteiger partial charge in [-0.3, -0.25) is 4.79 Å². The molecule has 1 aliphatic heterocycles. The van der Waals surface area contributed by atoms with Crippen LogP contribution in [0, 0.1) is 5.82 Å². The van der Waals surface area contributed by atoms with Gasteiger partial charge in [-0.1, -0.05) is 34.1 Å². The van der Waals surface area contributed by atoms with E-state index in [2.05, 4.69) is 20.9 Å². The smallest absolute Gasteiger partial charge is 0.267 e. The van der Waals surface area contributed by atoms with E-state index in [4.69, 9.17) is 0 Å². The van der Waals surface area contributed by atoms with Crippen LogP contribution in [0.4, 0.5) is 4.39 Å². The molecule has 0 radical (unpaired) electrons. The second-order valence-corrected chi connectivity index (χ2v) is 5.23. The van der Waals surface area contributed by atoms with E-state index in [1.807, 2.05) is 24.3 Å². The van der Waals surface area contributed by atoms with Gasteiger partial charge in [-0.05, 0) is 29.8 Å². The van der Waals surface area contributed by atoms with E-state index in [-0.39, 0.29) is 11.7 Å². The second kappa shape index (κ2) is 4.70. The van der Waals surface area contributed by atoms with E-state index in [1.165, 1.54) is 12.1 Å². The summed E-state index contributed by atoms with van der Waals surface area (Å²) in [4.78, 5) is 16.0. The summed E-state index contributed by atoms with van der Waals surface area (Å²) in [5.41, 5.74) is 2.24. The molecule has 94 valence electrons. The Balaban J connectivity index is 2.06. The molecule has 0 atom stereocenters. The van der Waals surface area contributed by atoms with Crippen LogP contribution in [-0.4, -0.2) is 11.6 Å². The lowest BCUT2D eigenvalue weighted by Gasteiger charge is -2.15. The first kappa shape index (κ1) is 12.2. The van der Waals surface area contributed by atoms with Gasteiger partial charge in [0.2, 0.25) is 0 Å². The highest BCUT2D eigenvalue weighted by molar-refractivity contribution is 9.10. The van der Waals surface area contributed by atoms with Crippen molar-refractivity contribution >= 4 is 27.5 Å². The Hall–Kier alpha value is -1.81. The lowest BCUT2D eigenvalue weighted by Crippen LogP contribution is -2.18. The molecule has 19 heavy (non-hydrogen) atoms. The number of carbonyl (C=O) groups excluding carboxylic acids is 1. The number of carbonyl (C=O) groups is 1. The Morgan fingerprint density at radius 3 is 2.58 bits per heavy atom. The van der Waals surface area contributed by atoms with Crippen molar-refractivity contribution in [1.82, 2.24) is 0 Å². The molecular weight excluding hydrogens is 309 g/mol. The largest absolute Gasteiger partial charge is 0.277 e. The van der Waals surface area contributed by atoms with Gasteiger partial charge in [0.05, 0.1) is 5.71 Å². The monoisotopic (exact) mass is 317 g/mol. The van der Waals surface area contributed by atoms with Crippen LogP contribution in [0.25, 0.3) is 0 Å². The zero-order valence-corrected chi connectivity index (χ0v) is 11.4. The minimum Gasteiger partial charge on any atom is -0.267 e. The number of rotatable bonds is 1. The first-order chi connectivity index (χ1) is 9.15. The van der Waals surface area contributed by atoms with Crippen molar-refractivity contribution in [2.24, 2.45) is 4.99 Å². The maximum Gasteiger partial charge on any atom is 0.277 e. The molecular formula is C15H9BrFNO. The fourth-order valence-corrected chi connectivity index (χ4v) is 2.40. The third-order valence-corrected chi connectivity index (χ3v) is 3.64. The minimum atomic E-state index is -0.376. The van der Waals surface area contributed by atoms with Gasteiger partial charge in [-0.15, -0.1) is 0 Å². The summed E-state index contributed by atoms with van der Waals surface area (Å²) in [5, 5.41) is 0. The summed E-state index contributed by atoms with van der Waals surface area (Å²) < 4.78 is 14.7. The molecule has 0 spiro atoms. The Bertz CT molecular complexity index is 692. The molecule has 0 saturated heterocycles. The van der Waals surface area contributed by atoms with Crippen LogP contribution >= 0.6 is 15.9 Å². The van der Waals surface area contributed by atoms with Crippen molar-refractivity contribution in [3.05, 3.63) is 69.4 Å². The molecule has 0 aromatic heterocycles. The Kier molecular flexibility index (Phi) is 3.03. The predicted molar refractivity (Wildman–Crippen MR) is 75.1 cm³/mol. The molecule has 0 N–H and O–H groups in total. The highest BCUT2D eigenvalue weighted by atomic mass is 79.9. The molecule has 0 saturated carbocycles. The maximum absolute atomic E-state index is 13.8. The molecule has 0 bridgehead atoms. The maximum atomic E-state index is 13.8. The number of benzene rings is 2. The number of halogens is 2. The van der Waals surface area contributed by atoms with Crippen LogP contribution in [-0.2, 0) is 6.42 Å². The Morgan fingerprint density at radius 2 is 1.84 bits per heavy atom. The number of hydrogen-bond acceptors (Lipinski definition) is 1. The summed E-state index contributed by atoms with van der Waals surface area (Å²) in [7, 11) is 0. The van der Waals surface area contributed by atoms with E-state index < -0.39 is 0 Å². The predicted octanol–water partition coefficient (Wildman–Crippen LogP) is 3.77. The molecule has 2 nitrogen and oxygen atoms in total.